The Kier molecular flexibility index (Phi) is 5.34. The Morgan fingerprint density at radius 2 is 2.07 bits per heavy atom. The average Bonchev–Trinajstić information content (AvgIpc) is 3.26. The number of carbonyl (C=O) groups is 1. The summed E-state index contributed by atoms with van der Waals surface area (Å²) in [6.07, 6.45) is 1.24. The molecule has 0 spiro atoms. The van der Waals surface area contributed by atoms with E-state index in [4.69, 9.17) is 0 Å². The lowest BCUT2D eigenvalue weighted by Gasteiger charge is -2.33. The first-order chi connectivity index (χ1) is 12.7. The van der Waals surface area contributed by atoms with Crippen molar-refractivity contribution in [3.05, 3.63) is 47.5 Å². The lowest BCUT2D eigenvalue weighted by Crippen LogP contribution is -2.36. The predicted molar refractivity (Wildman–Crippen MR) is 98.1 cm³/mol. The summed E-state index contributed by atoms with van der Waals surface area (Å²) in [6, 6.07) is 5.42. The third-order valence-electron chi connectivity index (χ3n) is 4.50. The van der Waals surface area contributed by atoms with Gasteiger partial charge < -0.3 is 9.47 Å². The maximum Gasteiger partial charge on any atom is 0.457 e. The minimum Gasteiger partial charge on any atom is -0.328 e. The molecule has 2 heterocycles. The maximum atomic E-state index is 12.7. The molecule has 0 fully saturated rings. The van der Waals surface area contributed by atoms with Gasteiger partial charge in [0.15, 0.2) is 5.01 Å². The third kappa shape index (κ3) is 3.89. The van der Waals surface area contributed by atoms with Crippen molar-refractivity contribution >= 4 is 27.3 Å². The van der Waals surface area contributed by atoms with Gasteiger partial charge in [0.05, 0.1) is 22.6 Å². The molecule has 27 heavy (non-hydrogen) atoms. The lowest BCUT2D eigenvalue weighted by molar-refractivity contribution is -0.0885. The van der Waals surface area contributed by atoms with E-state index in [1.165, 1.54) is 0 Å². The highest BCUT2D eigenvalue weighted by Gasteiger charge is 2.41. The number of rotatable bonds is 6. The van der Waals surface area contributed by atoms with Gasteiger partial charge >= 0.3 is 6.18 Å². The molecule has 2 atom stereocenters. The third-order valence-corrected chi connectivity index (χ3v) is 5.51. The van der Waals surface area contributed by atoms with Crippen molar-refractivity contribution in [2.24, 2.45) is 0 Å². The van der Waals surface area contributed by atoms with Crippen LogP contribution in [0, 0.1) is 0 Å². The van der Waals surface area contributed by atoms with E-state index >= 15 is 0 Å². The molecule has 2 aromatic heterocycles. The largest absolute Gasteiger partial charge is 0.457 e. The summed E-state index contributed by atoms with van der Waals surface area (Å²) in [4.78, 5) is 21.6. The molecule has 0 radical (unpaired) electrons. The molecule has 0 bridgehead atoms. The number of Topliss-reactive ketones (excluding diaryl/α,β-unsaturated/α-hetero) is 1. The maximum absolute atomic E-state index is 12.7. The number of hydrogen-bond donors (Lipinski definition) is 0. The molecule has 2 unspecified atom stereocenters. The number of imidazole rings is 1. The van der Waals surface area contributed by atoms with E-state index in [2.05, 4.69) is 21.8 Å². The zero-order valence-electron chi connectivity index (χ0n) is 15.1. The van der Waals surface area contributed by atoms with Crippen LogP contribution in [0.5, 0.6) is 0 Å². The summed E-state index contributed by atoms with van der Waals surface area (Å²) in [5, 5.41) is -0.534. The zero-order chi connectivity index (χ0) is 19.8. The van der Waals surface area contributed by atoms with Crippen LogP contribution in [0.1, 0.15) is 34.8 Å². The normalized spacial score (nSPS) is 14.6. The number of fused-ring (bicyclic) bond motifs is 1. The van der Waals surface area contributed by atoms with Gasteiger partial charge in [-0.2, -0.15) is 13.2 Å². The highest BCUT2D eigenvalue weighted by Crippen LogP contribution is 2.33. The van der Waals surface area contributed by atoms with Gasteiger partial charge in [0, 0.05) is 18.4 Å². The molecule has 144 valence electrons. The van der Waals surface area contributed by atoms with Crippen molar-refractivity contribution in [1.29, 1.82) is 0 Å². The molecule has 0 saturated carbocycles. The van der Waals surface area contributed by atoms with Crippen LogP contribution in [-0.2, 0) is 0 Å². The minimum absolute atomic E-state index is 0.0687. The average molecular weight is 396 g/mol. The van der Waals surface area contributed by atoms with Gasteiger partial charge in [0.25, 0.3) is 5.78 Å². The van der Waals surface area contributed by atoms with Gasteiger partial charge in [-0.25, -0.2) is 9.97 Å². The molecule has 0 saturated heterocycles. The van der Waals surface area contributed by atoms with Crippen molar-refractivity contribution in [3.63, 3.8) is 0 Å². The zero-order valence-corrected chi connectivity index (χ0v) is 15.9. The monoisotopic (exact) mass is 396 g/mol. The molecule has 3 aromatic rings. The van der Waals surface area contributed by atoms with Gasteiger partial charge in [-0.1, -0.05) is 13.0 Å². The summed E-state index contributed by atoms with van der Waals surface area (Å²) in [5.74, 6) is -1.91. The Hall–Kier alpha value is -2.26. The van der Waals surface area contributed by atoms with Crippen LogP contribution in [0.15, 0.2) is 36.9 Å². The summed E-state index contributed by atoms with van der Waals surface area (Å²) < 4.78 is 40.6. The van der Waals surface area contributed by atoms with Gasteiger partial charge in [0.1, 0.15) is 0 Å². The fourth-order valence-electron chi connectivity index (χ4n) is 3.24. The highest BCUT2D eigenvalue weighted by atomic mass is 32.1. The van der Waals surface area contributed by atoms with E-state index in [9.17, 15) is 18.0 Å². The second-order valence-corrected chi connectivity index (χ2v) is 7.50. The molecular formula is C18H19F3N4OS. The van der Waals surface area contributed by atoms with Crippen LogP contribution in [0.25, 0.3) is 10.2 Å². The first-order valence-corrected chi connectivity index (χ1v) is 9.20. The van der Waals surface area contributed by atoms with E-state index < -0.39 is 17.0 Å². The summed E-state index contributed by atoms with van der Waals surface area (Å²) >= 11 is 0.770. The van der Waals surface area contributed by atoms with Gasteiger partial charge in [-0.05, 0) is 38.2 Å². The molecule has 0 N–H and O–H groups in total. The SMILES string of the molecule is CCC(C(c1ccc2nc(C(=O)C(F)(F)F)sc2c1)n1ccnc1)N(C)C. The second kappa shape index (κ2) is 7.40. The number of benzene rings is 1. The van der Waals surface area contributed by atoms with Crippen LogP contribution in [0.3, 0.4) is 0 Å². The van der Waals surface area contributed by atoms with Crippen molar-refractivity contribution in [2.75, 3.05) is 14.1 Å². The molecule has 0 aliphatic heterocycles. The van der Waals surface area contributed by atoms with Crippen molar-refractivity contribution in [1.82, 2.24) is 19.4 Å². The number of thiazole rings is 1. The predicted octanol–water partition coefficient (Wildman–Crippen LogP) is 4.17. The van der Waals surface area contributed by atoms with Crippen molar-refractivity contribution in [3.8, 4) is 0 Å². The first kappa shape index (κ1) is 19.5. The number of carbonyl (C=O) groups excluding carboxylic acids is 1. The number of halogens is 3. The number of aromatic nitrogens is 3. The number of hydrogen-bond acceptors (Lipinski definition) is 5. The summed E-state index contributed by atoms with van der Waals surface area (Å²) in [5.41, 5.74) is 1.31. The number of ketones is 1. The molecule has 1 aromatic carbocycles. The first-order valence-electron chi connectivity index (χ1n) is 8.38. The molecule has 0 aliphatic rings. The summed E-state index contributed by atoms with van der Waals surface area (Å²) in [6.45, 7) is 2.08. The van der Waals surface area contributed by atoms with Gasteiger partial charge in [-0.3, -0.25) is 4.79 Å². The Morgan fingerprint density at radius 1 is 1.33 bits per heavy atom. The summed E-state index contributed by atoms with van der Waals surface area (Å²) in [7, 11) is 3.98. The van der Waals surface area contributed by atoms with Crippen molar-refractivity contribution in [2.45, 2.75) is 31.6 Å². The van der Waals surface area contributed by atoms with Crippen LogP contribution in [-0.4, -0.2) is 51.5 Å². The Labute approximate surface area is 158 Å². The van der Waals surface area contributed by atoms with Gasteiger partial charge in [-0.15, -0.1) is 11.3 Å². The topological polar surface area (TPSA) is 51.0 Å². The minimum atomic E-state index is -4.92. The van der Waals surface area contributed by atoms with E-state index in [1.54, 1.807) is 18.6 Å². The molecule has 0 amide bonds. The molecular weight excluding hydrogens is 377 g/mol. The molecule has 0 aliphatic carbocycles. The van der Waals surface area contributed by atoms with Crippen molar-refractivity contribution < 1.29 is 18.0 Å². The van der Waals surface area contributed by atoms with Crippen LogP contribution < -0.4 is 0 Å². The fourth-order valence-corrected chi connectivity index (χ4v) is 4.22. The molecule has 5 nitrogen and oxygen atoms in total. The Balaban J connectivity index is 2.07. The fraction of sp³-hybridized carbons (Fsp3) is 0.389. The Morgan fingerprint density at radius 3 is 2.63 bits per heavy atom. The smallest absolute Gasteiger partial charge is 0.328 e. The molecule has 9 heteroatoms. The second-order valence-electron chi connectivity index (χ2n) is 6.47. The van der Waals surface area contributed by atoms with E-state index in [1.807, 2.05) is 37.0 Å². The number of likely N-dealkylation sites (N-methyl/N-ethyl adjacent to an activating group) is 1. The number of alkyl halides is 3. The number of nitrogens with zero attached hydrogens (tertiary/aromatic N) is 4. The van der Waals surface area contributed by atoms with E-state index in [-0.39, 0.29) is 12.1 Å². The van der Waals surface area contributed by atoms with E-state index in [0.717, 1.165) is 23.3 Å². The lowest BCUT2D eigenvalue weighted by atomic mass is 9.96. The van der Waals surface area contributed by atoms with Crippen LogP contribution >= 0.6 is 11.3 Å². The Bertz CT molecular complexity index is 934. The van der Waals surface area contributed by atoms with Crippen LogP contribution in [0.4, 0.5) is 13.2 Å². The van der Waals surface area contributed by atoms with Crippen LogP contribution in [0.2, 0.25) is 0 Å². The quantitative estimate of drug-likeness (QED) is 0.587. The van der Waals surface area contributed by atoms with E-state index in [0.29, 0.717) is 10.2 Å². The standard InChI is InChI=1S/C18H19F3N4OS/c1-4-13(24(2)3)15(25-8-7-22-10-25)11-5-6-12-14(9-11)27-17(23-12)16(26)18(19,20)21/h5-10,13,15H,4H2,1-3H3. The molecule has 3 rings (SSSR count). The van der Waals surface area contributed by atoms with Gasteiger partial charge in [0.2, 0.25) is 0 Å². The highest BCUT2D eigenvalue weighted by molar-refractivity contribution is 7.20.